The first-order valence-corrected chi connectivity index (χ1v) is 6.86. The first kappa shape index (κ1) is 14.3. The summed E-state index contributed by atoms with van der Waals surface area (Å²) < 4.78 is 1.18. The number of hydrogen-bond donors (Lipinski definition) is 2. The fourth-order valence-electron chi connectivity index (χ4n) is 2.34. The number of rotatable bonds is 4. The number of nitrogens with two attached hydrogens (primary N) is 1. The molecule has 7 heteroatoms. The molecular weight excluding hydrogens is 268 g/mol. The Labute approximate surface area is 116 Å². The lowest BCUT2D eigenvalue weighted by molar-refractivity contribution is 0.266. The number of aromatic nitrogens is 2. The summed E-state index contributed by atoms with van der Waals surface area (Å²) in [6.07, 6.45) is 3.61. The first-order valence-electron chi connectivity index (χ1n) is 6.49. The molecule has 2 heterocycles. The largest absolute Gasteiger partial charge is 0.394 e. The van der Waals surface area contributed by atoms with Crippen LogP contribution in [0.4, 0.5) is 5.69 Å². The minimum absolute atomic E-state index is 0.134. The Morgan fingerprint density at radius 3 is 2.74 bits per heavy atom. The number of hydrogen-bond acceptors (Lipinski definition) is 5. The molecule has 1 aromatic rings. The van der Waals surface area contributed by atoms with Crippen LogP contribution in [0.5, 0.6) is 0 Å². The zero-order valence-corrected chi connectivity index (χ0v) is 11.5. The van der Waals surface area contributed by atoms with E-state index in [9.17, 15) is 4.79 Å². The molecule has 6 nitrogen and oxygen atoms in total. The monoisotopic (exact) mass is 286 g/mol. The second kappa shape index (κ2) is 6.36. The van der Waals surface area contributed by atoms with E-state index in [2.05, 4.69) is 10.00 Å². The molecule has 106 valence electrons. The molecule has 1 saturated heterocycles. The lowest BCUT2D eigenvalue weighted by Crippen LogP contribution is -2.37. The highest BCUT2D eigenvalue weighted by Crippen LogP contribution is 2.26. The summed E-state index contributed by atoms with van der Waals surface area (Å²) in [7, 11) is 0. The highest BCUT2D eigenvalue weighted by Gasteiger charge is 2.21. The third-order valence-electron chi connectivity index (χ3n) is 3.57. The Hall–Kier alpha value is -1.11. The SMILES string of the molecule is NCC1CCN(c2cnn(CCO)c(=O)c2Cl)CC1. The van der Waals surface area contributed by atoms with Crippen LogP contribution in [0.1, 0.15) is 12.8 Å². The lowest BCUT2D eigenvalue weighted by atomic mass is 9.97. The molecule has 0 bridgehead atoms. The molecule has 3 N–H and O–H groups in total. The maximum atomic E-state index is 12.0. The number of nitrogens with zero attached hydrogens (tertiary/aromatic N) is 3. The van der Waals surface area contributed by atoms with Gasteiger partial charge in [0, 0.05) is 13.1 Å². The van der Waals surface area contributed by atoms with Gasteiger partial charge in [-0.05, 0) is 25.3 Å². The molecule has 0 aromatic carbocycles. The van der Waals surface area contributed by atoms with Crippen molar-refractivity contribution in [1.82, 2.24) is 9.78 Å². The Kier molecular flexibility index (Phi) is 4.79. The molecular formula is C12H19ClN4O2. The summed E-state index contributed by atoms with van der Waals surface area (Å²) in [4.78, 5) is 14.0. The molecule has 2 rings (SSSR count). The quantitative estimate of drug-likeness (QED) is 0.818. The van der Waals surface area contributed by atoms with Gasteiger partial charge in [0.1, 0.15) is 5.02 Å². The maximum absolute atomic E-state index is 12.0. The van der Waals surface area contributed by atoms with Gasteiger partial charge < -0.3 is 15.7 Å². The van der Waals surface area contributed by atoms with E-state index < -0.39 is 0 Å². The zero-order chi connectivity index (χ0) is 13.8. The zero-order valence-electron chi connectivity index (χ0n) is 10.8. The van der Waals surface area contributed by atoms with Gasteiger partial charge in [0.2, 0.25) is 0 Å². The third kappa shape index (κ3) is 3.08. The van der Waals surface area contributed by atoms with Crippen molar-refractivity contribution in [2.75, 3.05) is 31.1 Å². The highest BCUT2D eigenvalue weighted by molar-refractivity contribution is 6.33. The van der Waals surface area contributed by atoms with Gasteiger partial charge in [0.15, 0.2) is 0 Å². The normalized spacial score (nSPS) is 16.9. The van der Waals surface area contributed by atoms with Gasteiger partial charge >= 0.3 is 0 Å². The van der Waals surface area contributed by atoms with Crippen molar-refractivity contribution in [1.29, 1.82) is 0 Å². The molecule has 0 aliphatic carbocycles. The van der Waals surface area contributed by atoms with Crippen molar-refractivity contribution in [3.05, 3.63) is 21.6 Å². The van der Waals surface area contributed by atoms with Crippen LogP contribution in [0.15, 0.2) is 11.0 Å². The van der Waals surface area contributed by atoms with Gasteiger partial charge in [0.05, 0.1) is 25.0 Å². The molecule has 1 aliphatic heterocycles. The second-order valence-electron chi connectivity index (χ2n) is 4.76. The van der Waals surface area contributed by atoms with E-state index in [1.54, 1.807) is 6.20 Å². The average molecular weight is 287 g/mol. The van der Waals surface area contributed by atoms with Crippen LogP contribution in [-0.2, 0) is 6.54 Å². The van der Waals surface area contributed by atoms with Gasteiger partial charge in [-0.15, -0.1) is 0 Å². The summed E-state index contributed by atoms with van der Waals surface area (Å²) in [5.74, 6) is 0.553. The van der Waals surface area contributed by atoms with Crippen molar-refractivity contribution in [2.24, 2.45) is 11.7 Å². The number of anilines is 1. The number of aliphatic hydroxyl groups excluding tert-OH is 1. The molecule has 0 unspecified atom stereocenters. The second-order valence-corrected chi connectivity index (χ2v) is 5.14. The van der Waals surface area contributed by atoms with E-state index in [0.717, 1.165) is 25.9 Å². The Bertz CT molecular complexity index is 483. The average Bonchev–Trinajstić information content (AvgIpc) is 2.45. The summed E-state index contributed by atoms with van der Waals surface area (Å²) in [5, 5.41) is 13.1. The van der Waals surface area contributed by atoms with Crippen LogP contribution in [0.3, 0.4) is 0 Å². The fraction of sp³-hybridized carbons (Fsp3) is 0.667. The van der Waals surface area contributed by atoms with Crippen molar-refractivity contribution in [3.63, 3.8) is 0 Å². The highest BCUT2D eigenvalue weighted by atomic mass is 35.5. The van der Waals surface area contributed by atoms with Crippen LogP contribution in [-0.4, -0.2) is 41.1 Å². The van der Waals surface area contributed by atoms with E-state index in [0.29, 0.717) is 18.2 Å². The maximum Gasteiger partial charge on any atom is 0.287 e. The fourth-order valence-corrected chi connectivity index (χ4v) is 2.61. The summed E-state index contributed by atoms with van der Waals surface area (Å²) in [6.45, 7) is 2.41. The van der Waals surface area contributed by atoms with Gasteiger partial charge in [-0.3, -0.25) is 4.79 Å². The number of aliphatic hydroxyl groups is 1. The van der Waals surface area contributed by atoms with E-state index >= 15 is 0 Å². The minimum atomic E-state index is -0.353. The van der Waals surface area contributed by atoms with Gasteiger partial charge in [-0.25, -0.2) is 4.68 Å². The molecule has 0 amide bonds. The topological polar surface area (TPSA) is 84.4 Å². The third-order valence-corrected chi connectivity index (χ3v) is 3.92. The Morgan fingerprint density at radius 1 is 1.47 bits per heavy atom. The molecule has 0 saturated carbocycles. The van der Waals surface area contributed by atoms with Crippen molar-refractivity contribution in [3.8, 4) is 0 Å². The van der Waals surface area contributed by atoms with E-state index in [4.69, 9.17) is 22.4 Å². The predicted molar refractivity (Wildman–Crippen MR) is 74.6 cm³/mol. The molecule has 19 heavy (non-hydrogen) atoms. The molecule has 0 atom stereocenters. The Balaban J connectivity index is 2.18. The van der Waals surface area contributed by atoms with Crippen LogP contribution >= 0.6 is 11.6 Å². The first-order chi connectivity index (χ1) is 9.17. The molecule has 0 radical (unpaired) electrons. The Morgan fingerprint density at radius 2 is 2.16 bits per heavy atom. The van der Waals surface area contributed by atoms with E-state index in [-0.39, 0.29) is 23.7 Å². The summed E-state index contributed by atoms with van der Waals surface area (Å²) in [5.41, 5.74) is 5.99. The van der Waals surface area contributed by atoms with E-state index in [1.807, 2.05) is 0 Å². The minimum Gasteiger partial charge on any atom is -0.394 e. The van der Waals surface area contributed by atoms with Gasteiger partial charge in [-0.2, -0.15) is 5.10 Å². The molecule has 1 fully saturated rings. The van der Waals surface area contributed by atoms with Gasteiger partial charge in [0.25, 0.3) is 5.56 Å². The van der Waals surface area contributed by atoms with Crippen LogP contribution < -0.4 is 16.2 Å². The van der Waals surface area contributed by atoms with Crippen LogP contribution in [0.2, 0.25) is 5.02 Å². The smallest absolute Gasteiger partial charge is 0.287 e. The van der Waals surface area contributed by atoms with E-state index in [1.165, 1.54) is 4.68 Å². The van der Waals surface area contributed by atoms with Gasteiger partial charge in [-0.1, -0.05) is 11.6 Å². The standard InChI is InChI=1S/C12H19ClN4O2/c13-11-10(8-15-17(5-6-18)12(11)19)16-3-1-9(7-14)2-4-16/h8-9,18H,1-7,14H2. The number of piperidine rings is 1. The lowest BCUT2D eigenvalue weighted by Gasteiger charge is -2.33. The van der Waals surface area contributed by atoms with Crippen molar-refractivity contribution in [2.45, 2.75) is 19.4 Å². The molecule has 1 aliphatic rings. The molecule has 1 aromatic heterocycles. The van der Waals surface area contributed by atoms with Crippen LogP contribution in [0.25, 0.3) is 0 Å². The van der Waals surface area contributed by atoms with Crippen molar-refractivity contribution >= 4 is 17.3 Å². The summed E-state index contributed by atoms with van der Waals surface area (Å²) in [6, 6.07) is 0. The summed E-state index contributed by atoms with van der Waals surface area (Å²) >= 11 is 6.12. The van der Waals surface area contributed by atoms with Crippen LogP contribution in [0, 0.1) is 5.92 Å². The molecule has 0 spiro atoms. The van der Waals surface area contributed by atoms with Crippen molar-refractivity contribution < 1.29 is 5.11 Å². The predicted octanol–water partition coefficient (Wildman–Crippen LogP) is 0.0641. The number of halogens is 1.